The van der Waals surface area contributed by atoms with Crippen molar-refractivity contribution in [3.05, 3.63) is 0 Å². The van der Waals surface area contributed by atoms with Crippen LogP contribution in [0.3, 0.4) is 0 Å². The average Bonchev–Trinajstić information content (AvgIpc) is 2.35. The highest BCUT2D eigenvalue weighted by atomic mass is 16.5. The van der Waals surface area contributed by atoms with Crippen molar-refractivity contribution in [1.82, 2.24) is 0 Å². The Morgan fingerprint density at radius 2 is 1.75 bits per heavy atom. The van der Waals surface area contributed by atoms with Gasteiger partial charge in [-0.25, -0.2) is 4.79 Å². The summed E-state index contributed by atoms with van der Waals surface area (Å²) in [4.78, 5) is 24.4. The van der Waals surface area contributed by atoms with Crippen molar-refractivity contribution in [2.45, 2.75) is 66.0 Å². The van der Waals surface area contributed by atoms with Crippen molar-refractivity contribution < 1.29 is 14.3 Å². The standard InChI is InChI=1S/C16H29NO3/c1-9(2)12-7-6-11(5)8-13(12)15(18)14(17)16(19)20-10(3)4/h9-14H,6-8,17H2,1-5H3/t11-,12+,13-,14?/m1/s1. The molecule has 0 heterocycles. The number of nitrogens with two attached hydrogens (primary N) is 1. The van der Waals surface area contributed by atoms with E-state index in [4.69, 9.17) is 10.5 Å². The molecule has 0 aromatic carbocycles. The Hall–Kier alpha value is -0.900. The molecule has 4 atom stereocenters. The number of ether oxygens (including phenoxy) is 1. The molecule has 1 aliphatic rings. The van der Waals surface area contributed by atoms with Gasteiger partial charge in [0, 0.05) is 5.92 Å². The van der Waals surface area contributed by atoms with Crippen LogP contribution < -0.4 is 5.73 Å². The van der Waals surface area contributed by atoms with Crippen LogP contribution in [0, 0.1) is 23.7 Å². The Morgan fingerprint density at radius 1 is 1.15 bits per heavy atom. The first-order valence-electron chi connectivity index (χ1n) is 7.73. The molecule has 0 saturated heterocycles. The van der Waals surface area contributed by atoms with Crippen LogP contribution in [0.4, 0.5) is 0 Å². The molecular weight excluding hydrogens is 254 g/mol. The van der Waals surface area contributed by atoms with Gasteiger partial charge in [-0.1, -0.05) is 27.2 Å². The fraction of sp³-hybridized carbons (Fsp3) is 0.875. The number of rotatable bonds is 5. The third-order valence-corrected chi connectivity index (χ3v) is 4.30. The zero-order valence-electron chi connectivity index (χ0n) is 13.4. The van der Waals surface area contributed by atoms with E-state index < -0.39 is 12.0 Å². The maximum atomic E-state index is 12.6. The van der Waals surface area contributed by atoms with Crippen molar-refractivity contribution in [2.24, 2.45) is 29.4 Å². The molecule has 0 radical (unpaired) electrons. The number of Topliss-reactive ketones (excluding diaryl/α,β-unsaturated/α-hetero) is 1. The van der Waals surface area contributed by atoms with E-state index in [1.807, 2.05) is 0 Å². The van der Waals surface area contributed by atoms with E-state index in [0.29, 0.717) is 17.8 Å². The molecule has 0 bridgehead atoms. The third kappa shape index (κ3) is 4.30. The van der Waals surface area contributed by atoms with Gasteiger partial charge in [0.25, 0.3) is 0 Å². The first-order chi connectivity index (χ1) is 9.23. The van der Waals surface area contributed by atoms with Crippen LogP contribution in [0.1, 0.15) is 53.9 Å². The van der Waals surface area contributed by atoms with Crippen molar-refractivity contribution in [3.63, 3.8) is 0 Å². The predicted molar refractivity (Wildman–Crippen MR) is 79.0 cm³/mol. The highest BCUT2D eigenvalue weighted by molar-refractivity contribution is 6.04. The maximum absolute atomic E-state index is 12.6. The molecule has 1 rings (SSSR count). The summed E-state index contributed by atoms with van der Waals surface area (Å²) < 4.78 is 5.06. The minimum atomic E-state index is -1.13. The zero-order valence-corrected chi connectivity index (χ0v) is 13.4. The molecule has 2 N–H and O–H groups in total. The van der Waals surface area contributed by atoms with E-state index in [1.54, 1.807) is 13.8 Å². The lowest BCUT2D eigenvalue weighted by molar-refractivity contribution is -0.153. The quantitative estimate of drug-likeness (QED) is 0.622. The SMILES string of the molecule is CC(C)OC(=O)C(N)C(=O)[C@@H]1C[C@H](C)CC[C@H]1C(C)C. The molecule has 116 valence electrons. The van der Waals surface area contributed by atoms with Crippen molar-refractivity contribution >= 4 is 11.8 Å². The van der Waals surface area contributed by atoms with E-state index in [9.17, 15) is 9.59 Å². The van der Waals surface area contributed by atoms with Crippen LogP contribution in [0.2, 0.25) is 0 Å². The van der Waals surface area contributed by atoms with Crippen LogP contribution in [0.5, 0.6) is 0 Å². The summed E-state index contributed by atoms with van der Waals surface area (Å²) in [5.41, 5.74) is 5.82. The van der Waals surface area contributed by atoms with Crippen molar-refractivity contribution in [2.75, 3.05) is 0 Å². The lowest BCUT2D eigenvalue weighted by Crippen LogP contribution is -2.47. The fourth-order valence-corrected chi connectivity index (χ4v) is 3.18. The highest BCUT2D eigenvalue weighted by Gasteiger charge is 2.39. The second-order valence-electron chi connectivity index (χ2n) is 6.80. The van der Waals surface area contributed by atoms with Gasteiger partial charge in [-0.3, -0.25) is 4.79 Å². The van der Waals surface area contributed by atoms with Gasteiger partial charge >= 0.3 is 5.97 Å². The third-order valence-electron chi connectivity index (χ3n) is 4.30. The molecule has 4 nitrogen and oxygen atoms in total. The number of hydrogen-bond donors (Lipinski definition) is 1. The van der Waals surface area contributed by atoms with Gasteiger partial charge in [0.05, 0.1) is 6.10 Å². The van der Waals surface area contributed by atoms with Crippen molar-refractivity contribution in [3.8, 4) is 0 Å². The number of carbonyl (C=O) groups excluding carboxylic acids is 2. The Labute approximate surface area is 122 Å². The zero-order chi connectivity index (χ0) is 15.4. The van der Waals surface area contributed by atoms with Crippen LogP contribution in [-0.4, -0.2) is 23.9 Å². The molecule has 0 amide bonds. The van der Waals surface area contributed by atoms with E-state index in [-0.39, 0.29) is 17.8 Å². The molecule has 1 unspecified atom stereocenters. The fourth-order valence-electron chi connectivity index (χ4n) is 3.18. The molecule has 4 heteroatoms. The smallest absolute Gasteiger partial charge is 0.330 e. The molecule has 0 aliphatic heterocycles. The van der Waals surface area contributed by atoms with Gasteiger partial charge < -0.3 is 10.5 Å². The predicted octanol–water partition coefficient (Wildman–Crippen LogP) is 2.54. The number of esters is 1. The first kappa shape index (κ1) is 17.2. The van der Waals surface area contributed by atoms with E-state index in [2.05, 4.69) is 20.8 Å². The number of carbonyl (C=O) groups is 2. The van der Waals surface area contributed by atoms with Gasteiger partial charge in [0.1, 0.15) is 0 Å². The maximum Gasteiger partial charge on any atom is 0.330 e. The van der Waals surface area contributed by atoms with Crippen LogP contribution in [-0.2, 0) is 14.3 Å². The van der Waals surface area contributed by atoms with Crippen LogP contribution in [0.15, 0.2) is 0 Å². The summed E-state index contributed by atoms with van der Waals surface area (Å²) in [6.07, 6.45) is 2.79. The minimum absolute atomic E-state index is 0.103. The molecule has 0 aromatic heterocycles. The van der Waals surface area contributed by atoms with Crippen LogP contribution in [0.25, 0.3) is 0 Å². The summed E-state index contributed by atoms with van der Waals surface area (Å²) in [6, 6.07) is -1.13. The minimum Gasteiger partial charge on any atom is -0.461 e. The molecule has 1 aliphatic carbocycles. The normalized spacial score (nSPS) is 28.5. The van der Waals surface area contributed by atoms with Gasteiger partial charge in [-0.2, -0.15) is 0 Å². The second-order valence-corrected chi connectivity index (χ2v) is 6.80. The van der Waals surface area contributed by atoms with Gasteiger partial charge in [0.15, 0.2) is 11.8 Å². The summed E-state index contributed by atoms with van der Waals surface area (Å²) in [7, 11) is 0. The van der Waals surface area contributed by atoms with Crippen LogP contribution >= 0.6 is 0 Å². The monoisotopic (exact) mass is 283 g/mol. The highest BCUT2D eigenvalue weighted by Crippen LogP contribution is 2.38. The summed E-state index contributed by atoms with van der Waals surface area (Å²) in [5.74, 6) is 0.453. The van der Waals surface area contributed by atoms with Gasteiger partial charge in [0.2, 0.25) is 0 Å². The molecule has 1 fully saturated rings. The lowest BCUT2D eigenvalue weighted by Gasteiger charge is -2.37. The topological polar surface area (TPSA) is 69.4 Å². The van der Waals surface area contributed by atoms with Crippen molar-refractivity contribution in [1.29, 1.82) is 0 Å². The van der Waals surface area contributed by atoms with Gasteiger partial charge in [-0.15, -0.1) is 0 Å². The summed E-state index contributed by atoms with van der Waals surface area (Å²) >= 11 is 0. The number of ketones is 1. The second kappa shape index (κ2) is 7.21. The largest absolute Gasteiger partial charge is 0.461 e. The Bertz CT molecular complexity index is 352. The average molecular weight is 283 g/mol. The Kier molecular flexibility index (Phi) is 6.18. The van der Waals surface area contributed by atoms with E-state index >= 15 is 0 Å². The molecular formula is C16H29NO3. The summed E-state index contributed by atoms with van der Waals surface area (Å²) in [6.45, 7) is 9.95. The number of hydrogen-bond acceptors (Lipinski definition) is 4. The summed E-state index contributed by atoms with van der Waals surface area (Å²) in [5, 5.41) is 0. The first-order valence-corrected chi connectivity index (χ1v) is 7.73. The van der Waals surface area contributed by atoms with Gasteiger partial charge in [-0.05, 0) is 44.4 Å². The van der Waals surface area contributed by atoms with E-state index in [0.717, 1.165) is 19.3 Å². The molecule has 1 saturated carbocycles. The molecule has 0 spiro atoms. The molecule has 20 heavy (non-hydrogen) atoms. The Morgan fingerprint density at radius 3 is 2.25 bits per heavy atom. The van der Waals surface area contributed by atoms with E-state index in [1.165, 1.54) is 0 Å². The molecule has 0 aromatic rings. The lowest BCUT2D eigenvalue weighted by atomic mass is 9.67. The Balaban J connectivity index is 2.78.